The summed E-state index contributed by atoms with van der Waals surface area (Å²) in [7, 11) is 1.63. The second-order valence-electron chi connectivity index (χ2n) is 4.44. The van der Waals surface area contributed by atoms with E-state index in [9.17, 15) is 4.79 Å². The highest BCUT2D eigenvalue weighted by Crippen LogP contribution is 2.25. The average molecular weight is 237 g/mol. The van der Waals surface area contributed by atoms with Gasteiger partial charge >= 0.3 is 6.03 Å². The molecule has 4 N–H and O–H groups in total. The van der Waals surface area contributed by atoms with Crippen LogP contribution in [0.4, 0.5) is 4.79 Å². The minimum atomic E-state index is -0.388. The van der Waals surface area contributed by atoms with Crippen molar-refractivity contribution in [2.45, 2.75) is 19.3 Å². The molecule has 1 aromatic rings. The zero-order valence-corrected chi connectivity index (χ0v) is 10.4. The van der Waals surface area contributed by atoms with E-state index < -0.39 is 0 Å². The largest absolute Gasteiger partial charge is 0.497 e. The fourth-order valence-corrected chi connectivity index (χ4v) is 1.50. The molecule has 0 aromatic heterocycles. The van der Waals surface area contributed by atoms with Gasteiger partial charge in [0, 0.05) is 12.0 Å². The second-order valence-corrected chi connectivity index (χ2v) is 4.44. The minimum absolute atomic E-state index is 0.193. The average Bonchev–Trinajstić information content (AvgIpc) is 2.36. The maximum Gasteiger partial charge on any atom is 0.328 e. The van der Waals surface area contributed by atoms with Gasteiger partial charge in [0.1, 0.15) is 5.75 Å². The fraction of sp³-hybridized carbons (Fsp3) is 0.417. The number of benzene rings is 1. The Labute approximate surface area is 101 Å². The SMILES string of the molecule is COc1cccc(C(C)(C)CNC(=O)NN)c1. The van der Waals surface area contributed by atoms with Crippen LogP contribution >= 0.6 is 0 Å². The number of carbonyl (C=O) groups excluding carboxylic acids is 1. The van der Waals surface area contributed by atoms with E-state index in [0.717, 1.165) is 11.3 Å². The van der Waals surface area contributed by atoms with E-state index in [4.69, 9.17) is 10.6 Å². The molecule has 0 heterocycles. The van der Waals surface area contributed by atoms with Gasteiger partial charge in [-0.05, 0) is 17.7 Å². The van der Waals surface area contributed by atoms with Crippen molar-refractivity contribution < 1.29 is 9.53 Å². The van der Waals surface area contributed by atoms with Gasteiger partial charge in [0.2, 0.25) is 0 Å². The van der Waals surface area contributed by atoms with E-state index in [-0.39, 0.29) is 11.4 Å². The Morgan fingerprint density at radius 2 is 2.18 bits per heavy atom. The van der Waals surface area contributed by atoms with Crippen LogP contribution in [0.3, 0.4) is 0 Å². The highest BCUT2D eigenvalue weighted by molar-refractivity contribution is 5.73. The molecule has 94 valence electrons. The standard InChI is InChI=1S/C12H19N3O2/c1-12(2,8-14-11(16)15-13)9-5-4-6-10(7-9)17-3/h4-7H,8,13H2,1-3H3,(H2,14,15,16). The maximum absolute atomic E-state index is 11.0. The van der Waals surface area contributed by atoms with E-state index in [1.54, 1.807) is 7.11 Å². The van der Waals surface area contributed by atoms with Crippen molar-refractivity contribution in [3.8, 4) is 5.75 Å². The van der Waals surface area contributed by atoms with E-state index in [1.807, 2.05) is 43.5 Å². The number of urea groups is 1. The van der Waals surface area contributed by atoms with Crippen LogP contribution in [0.15, 0.2) is 24.3 Å². The summed E-state index contributed by atoms with van der Waals surface area (Å²) in [5, 5.41) is 2.69. The Morgan fingerprint density at radius 1 is 1.47 bits per heavy atom. The lowest BCUT2D eigenvalue weighted by Crippen LogP contribution is -2.44. The highest BCUT2D eigenvalue weighted by Gasteiger charge is 2.21. The molecule has 0 atom stereocenters. The van der Waals surface area contributed by atoms with Gasteiger partial charge in [0.25, 0.3) is 0 Å². The number of amides is 2. The molecule has 1 rings (SSSR count). The third-order valence-corrected chi connectivity index (χ3v) is 2.67. The van der Waals surface area contributed by atoms with Gasteiger partial charge in [-0.2, -0.15) is 0 Å². The van der Waals surface area contributed by atoms with Crippen molar-refractivity contribution in [2.24, 2.45) is 5.84 Å². The van der Waals surface area contributed by atoms with Crippen LogP contribution in [0.2, 0.25) is 0 Å². The molecule has 0 bridgehead atoms. The molecule has 0 unspecified atom stereocenters. The predicted molar refractivity (Wildman–Crippen MR) is 66.7 cm³/mol. The topological polar surface area (TPSA) is 76.4 Å². The summed E-state index contributed by atoms with van der Waals surface area (Å²) in [6.07, 6.45) is 0. The first-order valence-electron chi connectivity index (χ1n) is 5.38. The van der Waals surface area contributed by atoms with E-state index in [2.05, 4.69) is 5.32 Å². The quantitative estimate of drug-likeness (QED) is 0.417. The lowest BCUT2D eigenvalue weighted by molar-refractivity contribution is 0.238. The van der Waals surface area contributed by atoms with E-state index in [0.29, 0.717) is 6.54 Å². The summed E-state index contributed by atoms with van der Waals surface area (Å²) in [4.78, 5) is 11.0. The lowest BCUT2D eigenvalue weighted by atomic mass is 9.84. The van der Waals surface area contributed by atoms with Gasteiger partial charge in [-0.15, -0.1) is 0 Å². The monoisotopic (exact) mass is 237 g/mol. The number of hydrogen-bond acceptors (Lipinski definition) is 3. The van der Waals surface area contributed by atoms with Crippen LogP contribution in [0.1, 0.15) is 19.4 Å². The molecule has 5 nitrogen and oxygen atoms in total. The molecule has 5 heteroatoms. The van der Waals surface area contributed by atoms with Gasteiger partial charge in [-0.1, -0.05) is 26.0 Å². The molecule has 17 heavy (non-hydrogen) atoms. The number of rotatable bonds is 4. The molecule has 2 amide bonds. The number of nitrogens with one attached hydrogen (secondary N) is 2. The summed E-state index contributed by atoms with van der Waals surface area (Å²) in [6.45, 7) is 4.57. The molecule has 0 saturated heterocycles. The van der Waals surface area contributed by atoms with E-state index in [1.165, 1.54) is 0 Å². The molecular weight excluding hydrogens is 218 g/mol. The van der Waals surface area contributed by atoms with Crippen LogP contribution in [0.25, 0.3) is 0 Å². The number of ether oxygens (including phenoxy) is 1. The first-order chi connectivity index (χ1) is 7.99. The number of carbonyl (C=O) groups is 1. The molecule has 1 aromatic carbocycles. The molecule has 0 aliphatic heterocycles. The Hall–Kier alpha value is -1.75. The Kier molecular flexibility index (Phi) is 4.34. The van der Waals surface area contributed by atoms with Crippen molar-refractivity contribution >= 4 is 6.03 Å². The van der Waals surface area contributed by atoms with Crippen LogP contribution < -0.4 is 21.3 Å². The summed E-state index contributed by atoms with van der Waals surface area (Å²) in [5.74, 6) is 5.81. The molecule has 0 spiro atoms. The van der Waals surface area contributed by atoms with Gasteiger partial charge in [0.05, 0.1) is 7.11 Å². The smallest absolute Gasteiger partial charge is 0.328 e. The van der Waals surface area contributed by atoms with Crippen molar-refractivity contribution in [1.82, 2.24) is 10.7 Å². The van der Waals surface area contributed by atoms with Crippen molar-refractivity contribution in [3.63, 3.8) is 0 Å². The van der Waals surface area contributed by atoms with Crippen LogP contribution in [0.5, 0.6) is 5.75 Å². The van der Waals surface area contributed by atoms with Crippen molar-refractivity contribution in [2.75, 3.05) is 13.7 Å². The second kappa shape index (κ2) is 5.54. The third-order valence-electron chi connectivity index (χ3n) is 2.67. The van der Waals surface area contributed by atoms with Crippen LogP contribution in [0, 0.1) is 0 Å². The number of hydrazine groups is 1. The molecule has 0 fully saturated rings. The summed E-state index contributed by atoms with van der Waals surface area (Å²) in [5.41, 5.74) is 2.94. The van der Waals surface area contributed by atoms with Crippen molar-refractivity contribution in [3.05, 3.63) is 29.8 Å². The Bertz CT molecular complexity index is 391. The van der Waals surface area contributed by atoms with Crippen LogP contribution in [-0.4, -0.2) is 19.7 Å². The molecule has 0 radical (unpaired) electrons. The Balaban J connectivity index is 2.77. The van der Waals surface area contributed by atoms with Gasteiger partial charge in [0.15, 0.2) is 0 Å². The first-order valence-corrected chi connectivity index (χ1v) is 5.38. The molecule has 0 saturated carbocycles. The minimum Gasteiger partial charge on any atom is -0.497 e. The number of hydrogen-bond donors (Lipinski definition) is 3. The summed E-state index contributed by atoms with van der Waals surface area (Å²) in [6, 6.07) is 7.39. The third kappa shape index (κ3) is 3.64. The molecule has 0 aliphatic rings. The molecular formula is C12H19N3O2. The fourth-order valence-electron chi connectivity index (χ4n) is 1.50. The normalized spacial score (nSPS) is 10.8. The summed E-state index contributed by atoms with van der Waals surface area (Å²) < 4.78 is 5.18. The summed E-state index contributed by atoms with van der Waals surface area (Å²) >= 11 is 0. The first kappa shape index (κ1) is 13.3. The number of methoxy groups -OCH3 is 1. The zero-order chi connectivity index (χ0) is 12.9. The Morgan fingerprint density at radius 3 is 2.76 bits per heavy atom. The van der Waals surface area contributed by atoms with E-state index >= 15 is 0 Å². The zero-order valence-electron chi connectivity index (χ0n) is 10.4. The van der Waals surface area contributed by atoms with Gasteiger partial charge in [-0.3, -0.25) is 5.43 Å². The van der Waals surface area contributed by atoms with Gasteiger partial charge < -0.3 is 10.1 Å². The lowest BCUT2D eigenvalue weighted by Gasteiger charge is -2.25. The maximum atomic E-state index is 11.0. The predicted octanol–water partition coefficient (Wildman–Crippen LogP) is 1.15. The number of nitrogens with two attached hydrogens (primary N) is 1. The van der Waals surface area contributed by atoms with Crippen molar-refractivity contribution in [1.29, 1.82) is 0 Å². The molecule has 0 aliphatic carbocycles. The van der Waals surface area contributed by atoms with Gasteiger partial charge in [-0.25, -0.2) is 10.6 Å². The highest BCUT2D eigenvalue weighted by atomic mass is 16.5. The van der Waals surface area contributed by atoms with Crippen LogP contribution in [-0.2, 0) is 5.41 Å².